The number of benzene rings is 2. The summed E-state index contributed by atoms with van der Waals surface area (Å²) in [5, 5.41) is 25.3. The molecule has 2 N–H and O–H groups in total. The lowest BCUT2D eigenvalue weighted by atomic mass is 10.0. The van der Waals surface area contributed by atoms with E-state index < -0.39 is 5.60 Å². The first-order valence-electron chi connectivity index (χ1n) is 13.8. The Kier molecular flexibility index (Phi) is 9.94. The van der Waals surface area contributed by atoms with Gasteiger partial charge in [-0.25, -0.2) is 9.89 Å². The summed E-state index contributed by atoms with van der Waals surface area (Å²) in [6, 6.07) is 21.6. The Bertz CT molecular complexity index is 1580. The van der Waals surface area contributed by atoms with Gasteiger partial charge in [-0.3, -0.25) is 15.1 Å². The number of nitriles is 2. The number of aromatic amines is 1. The Morgan fingerprint density at radius 2 is 1.53 bits per heavy atom. The number of hydrogen-bond donors (Lipinski definition) is 2. The number of rotatable bonds is 4. The molecule has 5 rings (SSSR count). The van der Waals surface area contributed by atoms with Crippen molar-refractivity contribution in [2.45, 2.75) is 45.3 Å². The number of hydrogen-bond acceptors (Lipinski definition) is 9. The molecule has 2 aliphatic heterocycles. The van der Waals surface area contributed by atoms with E-state index in [1.165, 1.54) is 6.07 Å². The van der Waals surface area contributed by atoms with E-state index in [0.29, 0.717) is 29.9 Å². The molecule has 0 unspecified atom stereocenters. The number of hydroxylamine groups is 1. The number of ether oxygens (including phenoxy) is 1. The van der Waals surface area contributed by atoms with Crippen molar-refractivity contribution in [3.8, 4) is 23.4 Å². The minimum absolute atomic E-state index is 0.0284. The Hall–Kier alpha value is -5.39. The van der Waals surface area contributed by atoms with Crippen molar-refractivity contribution in [2.24, 2.45) is 0 Å². The van der Waals surface area contributed by atoms with E-state index in [0.717, 1.165) is 29.5 Å². The van der Waals surface area contributed by atoms with Crippen molar-refractivity contribution in [3.05, 3.63) is 106 Å². The highest BCUT2D eigenvalue weighted by Gasteiger charge is 2.28. The number of nitrogens with zero attached hydrogens (tertiary/aromatic N) is 5. The van der Waals surface area contributed by atoms with Gasteiger partial charge in [0.2, 0.25) is 0 Å². The molecule has 1 amide bonds. The second kappa shape index (κ2) is 14.0. The first-order chi connectivity index (χ1) is 20.6. The fraction of sp³-hybridized carbons (Fsp3) is 0.281. The van der Waals surface area contributed by atoms with Crippen molar-refractivity contribution in [1.82, 2.24) is 25.7 Å². The highest BCUT2D eigenvalue weighted by molar-refractivity contribution is 5.74. The number of carbonyl (C=O) groups excluding carboxylic acids is 1. The molecule has 0 bridgehead atoms. The Morgan fingerprint density at radius 3 is 2.02 bits per heavy atom. The third-order valence-electron chi connectivity index (χ3n) is 6.43. The van der Waals surface area contributed by atoms with Crippen molar-refractivity contribution >= 4 is 11.7 Å². The number of nitrogens with one attached hydrogen (secondary N) is 2. The van der Waals surface area contributed by atoms with Crippen molar-refractivity contribution < 1.29 is 14.4 Å². The van der Waals surface area contributed by atoms with Gasteiger partial charge in [-0.2, -0.15) is 20.8 Å². The number of H-pyrrole nitrogens is 1. The molecule has 220 valence electrons. The Morgan fingerprint density at radius 1 is 0.930 bits per heavy atom. The van der Waals surface area contributed by atoms with Crippen molar-refractivity contribution in [2.75, 3.05) is 13.1 Å². The summed E-state index contributed by atoms with van der Waals surface area (Å²) >= 11 is 0. The van der Waals surface area contributed by atoms with Gasteiger partial charge in [0.25, 0.3) is 5.56 Å². The molecule has 0 spiro atoms. The quantitative estimate of drug-likeness (QED) is 0.442. The number of piperidine rings is 1. The summed E-state index contributed by atoms with van der Waals surface area (Å²) in [7, 11) is 0. The standard InChI is InChI=1S/C21H26N4O3.C11H7N3O/c1-21(2,3)27-20(26)24-11-9-19(10-12-24)28-25-13-8-18(15-23-25)17-6-4-16(14-22)5-7-17;12-7-8-1-3-9(4-2-8)10-5-6-11(15)14-13-10/h4-8,13,15,19,23H,9-12H2,1-3H3;1-6H,(H,14,15). The number of amides is 1. The van der Waals surface area contributed by atoms with E-state index in [1.807, 2.05) is 57.4 Å². The largest absolute Gasteiger partial charge is 0.444 e. The Labute approximate surface area is 250 Å². The smallest absolute Gasteiger partial charge is 0.410 e. The lowest BCUT2D eigenvalue weighted by Crippen LogP contribution is -2.45. The highest BCUT2D eigenvalue weighted by Crippen LogP contribution is 2.22. The van der Waals surface area contributed by atoms with Gasteiger partial charge in [0.1, 0.15) is 5.60 Å². The van der Waals surface area contributed by atoms with Gasteiger partial charge < -0.3 is 9.64 Å². The average molecular weight is 580 g/mol. The van der Waals surface area contributed by atoms with Crippen LogP contribution >= 0.6 is 0 Å². The van der Waals surface area contributed by atoms with Crippen LogP contribution in [0, 0.1) is 22.7 Å². The topological polar surface area (TPSA) is 147 Å². The zero-order valence-corrected chi connectivity index (χ0v) is 24.3. The molecule has 3 aromatic rings. The van der Waals surface area contributed by atoms with Crippen molar-refractivity contribution in [1.29, 1.82) is 10.5 Å². The maximum absolute atomic E-state index is 12.1. The minimum Gasteiger partial charge on any atom is -0.444 e. The summed E-state index contributed by atoms with van der Waals surface area (Å²) < 4.78 is 5.42. The third-order valence-corrected chi connectivity index (χ3v) is 6.43. The molecular weight excluding hydrogens is 546 g/mol. The summed E-state index contributed by atoms with van der Waals surface area (Å²) in [6.07, 6.45) is 6.89. The molecule has 11 heteroatoms. The first-order valence-corrected chi connectivity index (χ1v) is 13.8. The molecular formula is C32H33N7O4. The van der Waals surface area contributed by atoms with Gasteiger partial charge in [0, 0.05) is 36.5 Å². The lowest BCUT2D eigenvalue weighted by Gasteiger charge is -2.35. The highest BCUT2D eigenvalue weighted by atomic mass is 16.7. The summed E-state index contributed by atoms with van der Waals surface area (Å²) in [5.74, 6) is 0. The van der Waals surface area contributed by atoms with Crippen molar-refractivity contribution in [3.63, 3.8) is 0 Å². The summed E-state index contributed by atoms with van der Waals surface area (Å²) in [6.45, 7) is 6.84. The van der Waals surface area contributed by atoms with Crippen LogP contribution in [0.2, 0.25) is 0 Å². The molecule has 0 atom stereocenters. The SMILES string of the molecule is CC(C)(C)OC(=O)N1CCC(ON2C=CC(c3ccc(C#N)cc3)=CN2)CC1.N#Cc1ccc(-c2ccc(=O)[nH]n2)cc1. The number of allylic oxidation sites excluding steroid dienone is 2. The van der Waals surface area contributed by atoms with E-state index in [4.69, 9.17) is 20.1 Å². The van der Waals surface area contributed by atoms with E-state index in [-0.39, 0.29) is 17.8 Å². The predicted molar refractivity (Wildman–Crippen MR) is 160 cm³/mol. The van der Waals surface area contributed by atoms with E-state index in [2.05, 4.69) is 21.7 Å². The number of carbonyl (C=O) groups is 1. The molecule has 1 aromatic heterocycles. The average Bonchev–Trinajstić information content (AvgIpc) is 3.02. The maximum Gasteiger partial charge on any atom is 0.410 e. The second-order valence-electron chi connectivity index (χ2n) is 10.8. The molecule has 2 aromatic carbocycles. The molecule has 1 saturated heterocycles. The van der Waals surface area contributed by atoms with Gasteiger partial charge in [0.05, 0.1) is 41.3 Å². The van der Waals surface area contributed by atoms with E-state index >= 15 is 0 Å². The van der Waals surface area contributed by atoms with Gasteiger partial charge in [-0.1, -0.05) is 24.3 Å². The molecule has 0 radical (unpaired) electrons. The van der Waals surface area contributed by atoms with Crippen LogP contribution in [0.4, 0.5) is 4.79 Å². The van der Waals surface area contributed by atoms with Crippen LogP contribution in [-0.4, -0.2) is 51.2 Å². The van der Waals surface area contributed by atoms with Crippen LogP contribution < -0.4 is 11.0 Å². The predicted octanol–water partition coefficient (Wildman–Crippen LogP) is 4.87. The van der Waals surface area contributed by atoms with Crippen LogP contribution in [0.3, 0.4) is 0 Å². The number of likely N-dealkylation sites (tertiary alicyclic amines) is 1. The van der Waals surface area contributed by atoms with Crippen LogP contribution in [-0.2, 0) is 9.57 Å². The minimum atomic E-state index is -0.480. The number of hydrazine groups is 1. The van der Waals surface area contributed by atoms with Gasteiger partial charge in [-0.15, -0.1) is 0 Å². The normalized spacial score (nSPS) is 14.8. The zero-order chi connectivity index (χ0) is 30.8. The molecule has 0 saturated carbocycles. The summed E-state index contributed by atoms with van der Waals surface area (Å²) in [5.41, 5.74) is 7.20. The molecule has 0 aliphatic carbocycles. The third kappa shape index (κ3) is 9.05. The molecule has 2 aliphatic rings. The van der Waals surface area contributed by atoms with Gasteiger partial charge in [-0.05, 0) is 75.6 Å². The van der Waals surface area contributed by atoms with Crippen LogP contribution in [0.5, 0.6) is 0 Å². The zero-order valence-electron chi connectivity index (χ0n) is 24.3. The van der Waals surface area contributed by atoms with E-state index in [1.54, 1.807) is 52.5 Å². The van der Waals surface area contributed by atoms with Gasteiger partial charge in [0.15, 0.2) is 0 Å². The van der Waals surface area contributed by atoms with E-state index in [9.17, 15) is 9.59 Å². The lowest BCUT2D eigenvalue weighted by molar-refractivity contribution is -0.198. The Balaban J connectivity index is 0.000000237. The fourth-order valence-electron chi connectivity index (χ4n) is 4.21. The molecule has 3 heterocycles. The monoisotopic (exact) mass is 579 g/mol. The number of aromatic nitrogens is 2. The van der Waals surface area contributed by atoms with Crippen LogP contribution in [0.15, 0.2) is 83.9 Å². The maximum atomic E-state index is 12.1. The molecule has 11 nitrogen and oxygen atoms in total. The summed E-state index contributed by atoms with van der Waals surface area (Å²) in [4.78, 5) is 30.6. The fourth-order valence-corrected chi connectivity index (χ4v) is 4.21. The van der Waals surface area contributed by atoms with Gasteiger partial charge >= 0.3 is 6.09 Å². The molecule has 1 fully saturated rings. The van der Waals surface area contributed by atoms with Crippen LogP contribution in [0.1, 0.15) is 50.3 Å². The first kappa shape index (κ1) is 30.6. The molecule has 43 heavy (non-hydrogen) atoms. The van der Waals surface area contributed by atoms with Crippen LogP contribution in [0.25, 0.3) is 16.8 Å². The second-order valence-corrected chi connectivity index (χ2v) is 10.8.